The summed E-state index contributed by atoms with van der Waals surface area (Å²) in [6.45, 7) is 7.24. The van der Waals surface area contributed by atoms with Gasteiger partial charge in [-0.05, 0) is 57.9 Å². The third-order valence-corrected chi connectivity index (χ3v) is 5.37. The third-order valence-electron chi connectivity index (χ3n) is 5.37. The number of nitrogens with one attached hydrogen (secondary N) is 1. The second-order valence-electron chi connectivity index (χ2n) is 7.34. The Balaban J connectivity index is 1.96. The summed E-state index contributed by atoms with van der Waals surface area (Å²) in [4.78, 5) is 41.3. The second-order valence-corrected chi connectivity index (χ2v) is 7.34. The number of likely N-dealkylation sites (N-methyl/N-ethyl adjacent to an activating group) is 1. The zero-order chi connectivity index (χ0) is 20.1. The standard InChI is InChI=1S/C20H30N2O5/c1-6-26-19(24)17-13(3)18(21-14(17)4)20(25)27-11-16(23)22(5)15-9-7-12(2)8-10-15/h12,15,21H,6-11H2,1-5H3. The van der Waals surface area contributed by atoms with E-state index in [1.54, 1.807) is 32.7 Å². The lowest BCUT2D eigenvalue weighted by Gasteiger charge is -2.33. The molecule has 2 rings (SSSR count). The van der Waals surface area contributed by atoms with Crippen LogP contribution in [0.4, 0.5) is 0 Å². The van der Waals surface area contributed by atoms with Crippen molar-refractivity contribution in [3.63, 3.8) is 0 Å². The minimum Gasteiger partial charge on any atom is -0.462 e. The zero-order valence-electron chi connectivity index (χ0n) is 16.9. The van der Waals surface area contributed by atoms with E-state index in [0.717, 1.165) is 25.7 Å². The molecule has 0 radical (unpaired) electrons. The van der Waals surface area contributed by atoms with Crippen LogP contribution in [0.25, 0.3) is 0 Å². The van der Waals surface area contributed by atoms with Crippen molar-refractivity contribution in [2.24, 2.45) is 5.92 Å². The minimum atomic E-state index is -0.648. The summed E-state index contributed by atoms with van der Waals surface area (Å²) in [6.07, 6.45) is 4.18. The molecule has 0 aliphatic heterocycles. The van der Waals surface area contributed by atoms with Gasteiger partial charge in [-0.2, -0.15) is 0 Å². The van der Waals surface area contributed by atoms with Gasteiger partial charge >= 0.3 is 11.9 Å². The topological polar surface area (TPSA) is 88.7 Å². The first-order valence-electron chi connectivity index (χ1n) is 9.55. The van der Waals surface area contributed by atoms with Crippen LogP contribution < -0.4 is 0 Å². The Morgan fingerprint density at radius 3 is 2.30 bits per heavy atom. The van der Waals surface area contributed by atoms with E-state index in [2.05, 4.69) is 11.9 Å². The van der Waals surface area contributed by atoms with Crippen molar-refractivity contribution in [2.75, 3.05) is 20.3 Å². The van der Waals surface area contributed by atoms with Gasteiger partial charge in [-0.25, -0.2) is 9.59 Å². The molecule has 150 valence electrons. The predicted octanol–water partition coefficient (Wildman–Crippen LogP) is 3.00. The highest BCUT2D eigenvalue weighted by molar-refractivity contribution is 5.99. The molecule has 1 fully saturated rings. The highest BCUT2D eigenvalue weighted by Crippen LogP contribution is 2.26. The molecular formula is C20H30N2O5. The number of hydrogen-bond acceptors (Lipinski definition) is 5. The number of ether oxygens (including phenoxy) is 2. The van der Waals surface area contributed by atoms with Crippen molar-refractivity contribution in [3.8, 4) is 0 Å². The Hall–Kier alpha value is -2.31. The van der Waals surface area contributed by atoms with Crippen molar-refractivity contribution < 1.29 is 23.9 Å². The first-order valence-corrected chi connectivity index (χ1v) is 9.55. The van der Waals surface area contributed by atoms with E-state index in [9.17, 15) is 14.4 Å². The molecule has 0 aromatic carbocycles. The number of amides is 1. The first kappa shape index (κ1) is 21.0. The molecule has 1 aliphatic rings. The van der Waals surface area contributed by atoms with Crippen molar-refractivity contribution >= 4 is 17.8 Å². The third kappa shape index (κ3) is 4.90. The number of rotatable bonds is 6. The Morgan fingerprint density at radius 2 is 1.70 bits per heavy atom. The molecule has 1 amide bonds. The number of aromatic amines is 1. The fourth-order valence-corrected chi connectivity index (χ4v) is 3.60. The van der Waals surface area contributed by atoms with Crippen molar-refractivity contribution in [2.45, 2.75) is 59.4 Å². The summed E-state index contributed by atoms with van der Waals surface area (Å²) >= 11 is 0. The predicted molar refractivity (Wildman–Crippen MR) is 101 cm³/mol. The van der Waals surface area contributed by atoms with Crippen molar-refractivity contribution in [1.82, 2.24) is 9.88 Å². The van der Waals surface area contributed by atoms with Gasteiger partial charge in [-0.3, -0.25) is 4.79 Å². The fourth-order valence-electron chi connectivity index (χ4n) is 3.60. The van der Waals surface area contributed by atoms with E-state index in [4.69, 9.17) is 9.47 Å². The molecule has 1 aliphatic carbocycles. The molecule has 0 spiro atoms. The molecule has 1 aromatic rings. The number of aryl methyl sites for hydroxylation is 1. The molecule has 7 nitrogen and oxygen atoms in total. The Bertz CT molecular complexity index is 701. The smallest absolute Gasteiger partial charge is 0.355 e. The fraction of sp³-hybridized carbons (Fsp3) is 0.650. The van der Waals surface area contributed by atoms with Gasteiger partial charge in [0, 0.05) is 18.8 Å². The lowest BCUT2D eigenvalue weighted by molar-refractivity contribution is -0.136. The summed E-state index contributed by atoms with van der Waals surface area (Å²) in [6, 6.07) is 0.206. The number of nitrogens with zero attached hydrogens (tertiary/aromatic N) is 1. The maximum atomic E-state index is 12.4. The maximum Gasteiger partial charge on any atom is 0.355 e. The summed E-state index contributed by atoms with van der Waals surface area (Å²) in [5, 5.41) is 0. The molecule has 7 heteroatoms. The van der Waals surface area contributed by atoms with Crippen LogP contribution >= 0.6 is 0 Å². The van der Waals surface area contributed by atoms with E-state index in [0.29, 0.717) is 22.7 Å². The summed E-state index contributed by atoms with van der Waals surface area (Å²) in [5.41, 5.74) is 1.52. The van der Waals surface area contributed by atoms with E-state index < -0.39 is 11.9 Å². The molecule has 27 heavy (non-hydrogen) atoms. The molecule has 1 aromatic heterocycles. The van der Waals surface area contributed by atoms with Crippen LogP contribution in [0.1, 0.15) is 71.6 Å². The van der Waals surface area contributed by atoms with Crippen LogP contribution in [0, 0.1) is 19.8 Å². The Kier molecular flexibility index (Phi) is 7.05. The van der Waals surface area contributed by atoms with Crippen molar-refractivity contribution in [3.05, 3.63) is 22.5 Å². The number of carbonyl (C=O) groups is 3. The summed E-state index contributed by atoms with van der Waals surface area (Å²) in [7, 11) is 1.76. The normalized spacial score (nSPS) is 19.4. The van der Waals surface area contributed by atoms with Crippen LogP contribution in [0.15, 0.2) is 0 Å². The van der Waals surface area contributed by atoms with Gasteiger partial charge in [-0.1, -0.05) is 6.92 Å². The van der Waals surface area contributed by atoms with Crippen LogP contribution in [0.5, 0.6) is 0 Å². The number of hydrogen-bond donors (Lipinski definition) is 1. The van der Waals surface area contributed by atoms with E-state index in [1.807, 2.05) is 0 Å². The summed E-state index contributed by atoms with van der Waals surface area (Å²) in [5.74, 6) is -0.639. The van der Waals surface area contributed by atoms with E-state index in [-0.39, 0.29) is 30.9 Å². The number of H-pyrrole nitrogens is 1. The number of carbonyl (C=O) groups excluding carboxylic acids is 3. The maximum absolute atomic E-state index is 12.4. The second kappa shape index (κ2) is 9.06. The highest BCUT2D eigenvalue weighted by Gasteiger charge is 2.27. The Labute approximate surface area is 160 Å². The molecule has 0 saturated heterocycles. The summed E-state index contributed by atoms with van der Waals surface area (Å²) < 4.78 is 10.2. The van der Waals surface area contributed by atoms with Gasteiger partial charge in [0.1, 0.15) is 5.69 Å². The highest BCUT2D eigenvalue weighted by atomic mass is 16.5. The molecular weight excluding hydrogens is 348 g/mol. The van der Waals surface area contributed by atoms with Crippen LogP contribution in [0.2, 0.25) is 0 Å². The molecule has 0 atom stereocenters. The first-order chi connectivity index (χ1) is 12.8. The lowest BCUT2D eigenvalue weighted by atomic mass is 9.87. The molecule has 0 bridgehead atoms. The molecule has 1 saturated carbocycles. The van der Waals surface area contributed by atoms with Gasteiger partial charge < -0.3 is 19.4 Å². The minimum absolute atomic E-state index is 0.178. The SMILES string of the molecule is CCOC(=O)c1c(C)[nH]c(C(=O)OCC(=O)N(C)C2CCC(C)CC2)c1C. The number of esters is 2. The van der Waals surface area contributed by atoms with Crippen LogP contribution in [-0.2, 0) is 14.3 Å². The molecule has 1 heterocycles. The van der Waals surface area contributed by atoms with E-state index in [1.165, 1.54) is 0 Å². The van der Waals surface area contributed by atoms with Gasteiger partial charge in [-0.15, -0.1) is 0 Å². The van der Waals surface area contributed by atoms with Gasteiger partial charge in [0.25, 0.3) is 5.91 Å². The van der Waals surface area contributed by atoms with Crippen LogP contribution in [0.3, 0.4) is 0 Å². The van der Waals surface area contributed by atoms with E-state index >= 15 is 0 Å². The Morgan fingerprint density at radius 1 is 1.07 bits per heavy atom. The molecule has 1 N–H and O–H groups in total. The van der Waals surface area contributed by atoms with Gasteiger partial charge in [0.05, 0.1) is 12.2 Å². The zero-order valence-corrected chi connectivity index (χ0v) is 16.9. The molecule has 0 unspecified atom stereocenters. The van der Waals surface area contributed by atoms with Gasteiger partial charge in [0.2, 0.25) is 0 Å². The quantitative estimate of drug-likeness (QED) is 0.769. The monoisotopic (exact) mass is 378 g/mol. The average Bonchev–Trinajstić information content (AvgIpc) is 2.94. The van der Waals surface area contributed by atoms with Gasteiger partial charge in [0.15, 0.2) is 6.61 Å². The largest absolute Gasteiger partial charge is 0.462 e. The number of aromatic nitrogens is 1. The average molecular weight is 378 g/mol. The lowest BCUT2D eigenvalue weighted by Crippen LogP contribution is -2.41. The van der Waals surface area contributed by atoms with Crippen LogP contribution in [-0.4, -0.2) is 54.0 Å². The van der Waals surface area contributed by atoms with Crippen molar-refractivity contribution in [1.29, 1.82) is 0 Å².